The van der Waals surface area contributed by atoms with E-state index in [0.717, 1.165) is 63.3 Å². The average Bonchev–Trinajstić information content (AvgIpc) is 3.19. The van der Waals surface area contributed by atoms with Crippen molar-refractivity contribution in [2.75, 3.05) is 26.3 Å². The summed E-state index contributed by atoms with van der Waals surface area (Å²) in [6.07, 6.45) is 8.82. The number of amides is 3. The van der Waals surface area contributed by atoms with Crippen LogP contribution in [0.1, 0.15) is 73.7 Å². The van der Waals surface area contributed by atoms with Crippen LogP contribution in [0.4, 0.5) is 0 Å². The molecule has 4 aliphatic heterocycles. The third-order valence-corrected chi connectivity index (χ3v) is 8.19. The summed E-state index contributed by atoms with van der Waals surface area (Å²) in [5.41, 5.74) is 1.12. The molecule has 1 saturated carbocycles. The molecule has 3 N–H and O–H groups in total. The minimum Gasteiger partial charge on any atom is -0.490 e. The Hall–Kier alpha value is -2.49. The van der Waals surface area contributed by atoms with Gasteiger partial charge in [0, 0.05) is 44.8 Å². The summed E-state index contributed by atoms with van der Waals surface area (Å²) < 4.78 is 11.3. The van der Waals surface area contributed by atoms with Crippen molar-refractivity contribution >= 4 is 17.7 Å². The van der Waals surface area contributed by atoms with Gasteiger partial charge in [-0.15, -0.1) is 0 Å². The molecule has 0 bridgehead atoms. The fourth-order valence-electron chi connectivity index (χ4n) is 5.90. The molecule has 4 heterocycles. The number of hydrogen-bond acceptors (Lipinski definition) is 7. The molecule has 9 nitrogen and oxygen atoms in total. The number of carbonyl (C=O) groups is 3. The van der Waals surface area contributed by atoms with Gasteiger partial charge in [-0.3, -0.25) is 19.7 Å². The van der Waals surface area contributed by atoms with Crippen LogP contribution in [0.2, 0.25) is 0 Å². The van der Waals surface area contributed by atoms with Gasteiger partial charge in [0.1, 0.15) is 11.8 Å². The van der Waals surface area contributed by atoms with Crippen molar-refractivity contribution < 1.29 is 29.0 Å². The summed E-state index contributed by atoms with van der Waals surface area (Å²) in [6, 6.07) is 5.00. The summed E-state index contributed by atoms with van der Waals surface area (Å²) in [7, 11) is 0. The zero-order valence-electron chi connectivity index (χ0n) is 20.8. The number of ether oxygens (including phenoxy) is 2. The fourth-order valence-corrected chi connectivity index (χ4v) is 5.90. The van der Waals surface area contributed by atoms with Crippen LogP contribution in [0, 0.1) is 5.92 Å². The number of nitrogens with one attached hydrogen (secondary N) is 2. The van der Waals surface area contributed by atoms with Crippen LogP contribution in [0.25, 0.3) is 0 Å². The number of imide groups is 1. The molecule has 5 aliphatic rings. The summed E-state index contributed by atoms with van der Waals surface area (Å²) >= 11 is 0. The Morgan fingerprint density at radius 3 is 2.42 bits per heavy atom. The highest BCUT2D eigenvalue weighted by molar-refractivity contribution is 6.05. The number of benzene rings is 1. The summed E-state index contributed by atoms with van der Waals surface area (Å²) in [5, 5.41) is 15.3. The second kappa shape index (κ2) is 10.9. The van der Waals surface area contributed by atoms with E-state index in [-0.39, 0.29) is 30.2 Å². The van der Waals surface area contributed by atoms with Crippen molar-refractivity contribution in [3.05, 3.63) is 29.3 Å². The maximum atomic E-state index is 12.6. The maximum absolute atomic E-state index is 12.6. The smallest absolute Gasteiger partial charge is 0.255 e. The highest BCUT2D eigenvalue weighted by Gasteiger charge is 2.42. The molecular weight excluding hydrogens is 462 g/mol. The number of rotatable bonds is 4. The maximum Gasteiger partial charge on any atom is 0.255 e. The third-order valence-electron chi connectivity index (χ3n) is 8.19. The Labute approximate surface area is 211 Å². The average molecular weight is 500 g/mol. The first kappa shape index (κ1) is 25.2. The molecule has 0 radical (unpaired) electrons. The Morgan fingerprint density at radius 2 is 1.75 bits per heavy atom. The third kappa shape index (κ3) is 5.43. The lowest BCUT2D eigenvalue weighted by Crippen LogP contribution is -2.64. The van der Waals surface area contributed by atoms with Crippen LogP contribution >= 0.6 is 0 Å². The van der Waals surface area contributed by atoms with Crippen molar-refractivity contribution in [1.82, 2.24) is 15.5 Å². The molecule has 1 atom stereocenters. The van der Waals surface area contributed by atoms with E-state index < -0.39 is 11.6 Å². The normalized spacial score (nSPS) is 26.4. The van der Waals surface area contributed by atoms with E-state index in [1.807, 2.05) is 12.1 Å². The SMILES string of the molecule is O=C1CCC(N2Cc3cc(OC4CCCCC4)ccc3C2=O)C(=O)N1.OC1(C2CCOCC2)CNC1. The zero-order chi connectivity index (χ0) is 25.1. The van der Waals surface area contributed by atoms with Crippen molar-refractivity contribution in [3.63, 3.8) is 0 Å². The molecule has 1 aromatic carbocycles. The highest BCUT2D eigenvalue weighted by Crippen LogP contribution is 2.32. The first-order valence-electron chi connectivity index (χ1n) is 13.4. The molecule has 196 valence electrons. The monoisotopic (exact) mass is 499 g/mol. The number of piperidine rings is 1. The van der Waals surface area contributed by atoms with Crippen LogP contribution in [0.5, 0.6) is 5.75 Å². The highest BCUT2D eigenvalue weighted by atomic mass is 16.5. The lowest BCUT2D eigenvalue weighted by atomic mass is 9.78. The van der Waals surface area contributed by atoms with Crippen LogP contribution in [-0.4, -0.2) is 71.8 Å². The molecule has 9 heteroatoms. The van der Waals surface area contributed by atoms with Gasteiger partial charge in [0.15, 0.2) is 0 Å². The van der Waals surface area contributed by atoms with Crippen molar-refractivity contribution in [2.45, 2.75) is 82.1 Å². The number of aliphatic hydroxyl groups is 1. The molecule has 36 heavy (non-hydrogen) atoms. The van der Waals surface area contributed by atoms with Gasteiger partial charge in [0.2, 0.25) is 11.8 Å². The Morgan fingerprint density at radius 1 is 1.00 bits per heavy atom. The lowest BCUT2D eigenvalue weighted by Gasteiger charge is -2.45. The molecule has 0 aromatic heterocycles. The standard InChI is InChI=1S/C19H22N2O4.C8H15NO2/c22-17-9-8-16(18(23)20-17)21-11-12-10-14(6-7-15(12)19(21)24)25-13-4-2-1-3-5-13;10-8(5-9-6-8)7-1-3-11-4-2-7/h6-7,10,13,16H,1-5,8-9,11H2,(H,20,22,23);7,9-10H,1-6H2. The number of carbonyl (C=O) groups excluding carboxylic acids is 3. The van der Waals surface area contributed by atoms with Gasteiger partial charge in [0.25, 0.3) is 5.91 Å². The zero-order valence-corrected chi connectivity index (χ0v) is 20.8. The minimum absolute atomic E-state index is 0.145. The molecule has 4 fully saturated rings. The van der Waals surface area contributed by atoms with E-state index >= 15 is 0 Å². The van der Waals surface area contributed by atoms with Crippen LogP contribution in [-0.2, 0) is 20.9 Å². The van der Waals surface area contributed by atoms with E-state index in [2.05, 4.69) is 10.6 Å². The van der Waals surface area contributed by atoms with Gasteiger partial charge in [-0.05, 0) is 74.6 Å². The number of hydrogen-bond donors (Lipinski definition) is 3. The number of nitrogens with zero attached hydrogens (tertiary/aromatic N) is 1. The predicted molar refractivity (Wildman–Crippen MR) is 131 cm³/mol. The Bertz CT molecular complexity index is 982. The second-order valence-corrected chi connectivity index (χ2v) is 10.7. The topological polar surface area (TPSA) is 117 Å². The second-order valence-electron chi connectivity index (χ2n) is 10.7. The summed E-state index contributed by atoms with van der Waals surface area (Å²) in [4.78, 5) is 37.6. The Balaban J connectivity index is 0.000000202. The summed E-state index contributed by atoms with van der Waals surface area (Å²) in [6.45, 7) is 3.59. The molecule has 6 rings (SSSR count). The van der Waals surface area contributed by atoms with Crippen LogP contribution in [0.3, 0.4) is 0 Å². The summed E-state index contributed by atoms with van der Waals surface area (Å²) in [5.74, 6) is 0.472. The molecule has 3 saturated heterocycles. The lowest BCUT2D eigenvalue weighted by molar-refractivity contribution is -0.136. The number of fused-ring (bicyclic) bond motifs is 1. The quantitative estimate of drug-likeness (QED) is 0.542. The Kier molecular flexibility index (Phi) is 7.60. The van der Waals surface area contributed by atoms with Crippen molar-refractivity contribution in [1.29, 1.82) is 0 Å². The predicted octanol–water partition coefficient (Wildman–Crippen LogP) is 1.91. The van der Waals surface area contributed by atoms with Crippen molar-refractivity contribution in [3.8, 4) is 5.75 Å². The largest absolute Gasteiger partial charge is 0.490 e. The molecule has 1 aromatic rings. The van der Waals surface area contributed by atoms with Gasteiger partial charge in [-0.25, -0.2) is 0 Å². The molecule has 0 spiro atoms. The van der Waals surface area contributed by atoms with Gasteiger partial charge in [-0.2, -0.15) is 0 Å². The van der Waals surface area contributed by atoms with Gasteiger partial charge in [0.05, 0.1) is 11.7 Å². The molecule has 1 unspecified atom stereocenters. The van der Waals surface area contributed by atoms with E-state index in [9.17, 15) is 19.5 Å². The molecular formula is C27H37N3O6. The van der Waals surface area contributed by atoms with Gasteiger partial charge < -0.3 is 24.8 Å². The van der Waals surface area contributed by atoms with Gasteiger partial charge in [-0.1, -0.05) is 6.42 Å². The molecule has 1 aliphatic carbocycles. The van der Waals surface area contributed by atoms with Crippen LogP contribution in [0.15, 0.2) is 18.2 Å². The van der Waals surface area contributed by atoms with Gasteiger partial charge >= 0.3 is 0 Å². The van der Waals surface area contributed by atoms with E-state index in [4.69, 9.17) is 9.47 Å². The van der Waals surface area contributed by atoms with E-state index in [0.29, 0.717) is 24.4 Å². The minimum atomic E-state index is -0.569. The fraction of sp³-hybridized carbons (Fsp3) is 0.667. The first-order valence-corrected chi connectivity index (χ1v) is 13.4. The number of β-amino-alcohol motifs (C(OH)–C–C–N with tert-alkyl or cyclic N) is 1. The first-order chi connectivity index (χ1) is 17.4. The molecule has 3 amide bonds. The van der Waals surface area contributed by atoms with Crippen LogP contribution < -0.4 is 15.4 Å². The van der Waals surface area contributed by atoms with E-state index in [1.54, 1.807) is 11.0 Å². The van der Waals surface area contributed by atoms with Crippen molar-refractivity contribution in [2.24, 2.45) is 5.92 Å². The van der Waals surface area contributed by atoms with E-state index in [1.165, 1.54) is 19.3 Å².